The van der Waals surface area contributed by atoms with Crippen LogP contribution >= 0.6 is 0 Å². The number of amidine groups is 1. The van der Waals surface area contributed by atoms with Crippen LogP contribution in [0.25, 0.3) is 16.6 Å². The standard InChI is InChI=1S/C49H65F2N11O5/c1-31(63)59-24-17-39(38(30-59)47(53)60-19-5-7-33-25-36(34(27-52)28-54-2)37(46(50)51)26-43(33)60)55-35-15-22-58(23-16-35)45(65)10-6-18-57-20-13-32(14-21-57)29-61-40-8-3-4-9-41(40)62(49(61)67)42-11-12-44(64)56-48(42)66/h3-4,8-9,25-28,32,35,38-39,42,46,52-55H,5-7,10-24,29-30H2,1-2H3,(H,56,64,66)/b34-28+,52-27?,53-47?/t38?,39?,42-/m1/s1. The molecule has 18 heteroatoms. The Bertz CT molecular complexity index is 2450. The zero-order valence-electron chi connectivity index (χ0n) is 38.7. The first kappa shape index (κ1) is 47.7. The highest BCUT2D eigenvalue weighted by molar-refractivity contribution is 6.09. The average Bonchev–Trinajstić information content (AvgIpc) is 3.60. The summed E-state index contributed by atoms with van der Waals surface area (Å²) in [5.41, 5.74) is 3.18. The molecule has 4 saturated heterocycles. The minimum absolute atomic E-state index is 0.0602. The number of likely N-dealkylation sites (tertiary alicyclic amines) is 3. The van der Waals surface area contributed by atoms with Gasteiger partial charge in [-0.2, -0.15) is 0 Å². The Kier molecular flexibility index (Phi) is 15.0. The Balaban J connectivity index is 0.818. The molecule has 0 aliphatic carbocycles. The first-order valence-corrected chi connectivity index (χ1v) is 24.1. The number of carbonyl (C=O) groups is 4. The number of imide groups is 1. The molecule has 2 unspecified atom stereocenters. The van der Waals surface area contributed by atoms with Crippen molar-refractivity contribution in [2.75, 3.05) is 64.3 Å². The number of hydrogen-bond acceptors (Lipinski definition) is 10. The van der Waals surface area contributed by atoms with E-state index in [1.165, 1.54) is 19.2 Å². The van der Waals surface area contributed by atoms with E-state index in [1.54, 1.807) is 27.1 Å². The normalized spacial score (nSPS) is 22.6. The van der Waals surface area contributed by atoms with Gasteiger partial charge in [0, 0.05) is 113 Å². The van der Waals surface area contributed by atoms with Crippen molar-refractivity contribution in [3.05, 3.63) is 69.8 Å². The van der Waals surface area contributed by atoms with Crippen molar-refractivity contribution in [2.24, 2.45) is 11.8 Å². The number of rotatable bonds is 14. The summed E-state index contributed by atoms with van der Waals surface area (Å²) < 4.78 is 32.5. The van der Waals surface area contributed by atoms with Crippen LogP contribution in [0.15, 0.2) is 47.4 Å². The molecule has 3 atom stereocenters. The minimum atomic E-state index is -2.78. The molecule has 3 aromatic rings. The van der Waals surface area contributed by atoms with Crippen LogP contribution in [-0.4, -0.2) is 131 Å². The van der Waals surface area contributed by atoms with Crippen LogP contribution in [0.5, 0.6) is 0 Å². The first-order valence-electron chi connectivity index (χ1n) is 24.1. The lowest BCUT2D eigenvalue weighted by molar-refractivity contribution is -0.136. The maximum Gasteiger partial charge on any atom is 0.329 e. The highest BCUT2D eigenvalue weighted by atomic mass is 19.3. The van der Waals surface area contributed by atoms with Gasteiger partial charge in [0.2, 0.25) is 23.6 Å². The predicted molar refractivity (Wildman–Crippen MR) is 254 cm³/mol. The SMILES string of the molecule is CN/C=C(\C=N)c1cc2c(cc1C(F)F)N(C(=N)C1CN(C(C)=O)CCC1NC1CCN(C(=O)CCCN3CCC(Cn4c(=O)n([C@@H]5CCC(=O)NC5=O)c5ccccc54)CC3)CC1)CCC2. The number of allylic oxidation sites excluding steroid dienone is 1. The summed E-state index contributed by atoms with van der Waals surface area (Å²) in [5, 5.41) is 26.5. The Labute approximate surface area is 390 Å². The number of para-hydroxylation sites is 2. The van der Waals surface area contributed by atoms with Crippen molar-refractivity contribution in [1.29, 1.82) is 10.8 Å². The van der Waals surface area contributed by atoms with E-state index in [9.17, 15) is 38.2 Å². The minimum Gasteiger partial charge on any atom is -0.393 e. The van der Waals surface area contributed by atoms with Crippen molar-refractivity contribution in [2.45, 2.75) is 109 Å². The van der Waals surface area contributed by atoms with E-state index in [4.69, 9.17) is 5.41 Å². The molecule has 8 rings (SSSR count). The summed E-state index contributed by atoms with van der Waals surface area (Å²) >= 11 is 0. The van der Waals surface area contributed by atoms with Gasteiger partial charge in [0.25, 0.3) is 6.43 Å². The fraction of sp³-hybridized carbons (Fsp3) is 0.571. The van der Waals surface area contributed by atoms with E-state index >= 15 is 0 Å². The van der Waals surface area contributed by atoms with Gasteiger partial charge in [-0.1, -0.05) is 12.1 Å². The number of piperidine rings is 4. The number of benzene rings is 2. The van der Waals surface area contributed by atoms with Gasteiger partial charge in [-0.15, -0.1) is 0 Å². The summed E-state index contributed by atoms with van der Waals surface area (Å²) in [6.07, 6.45) is 6.98. The first-order chi connectivity index (χ1) is 32.3. The maximum atomic E-state index is 14.6. The van der Waals surface area contributed by atoms with Gasteiger partial charge in [0.15, 0.2) is 0 Å². The predicted octanol–water partition coefficient (Wildman–Crippen LogP) is 4.67. The highest BCUT2D eigenvalue weighted by Gasteiger charge is 2.39. The average molecular weight is 926 g/mol. The Morgan fingerprint density at radius 3 is 2.34 bits per heavy atom. The molecule has 4 amide bonds. The van der Waals surface area contributed by atoms with Crippen LogP contribution in [0.1, 0.15) is 100 Å². The van der Waals surface area contributed by atoms with Gasteiger partial charge in [0.05, 0.1) is 11.0 Å². The molecule has 5 aliphatic heterocycles. The summed E-state index contributed by atoms with van der Waals surface area (Å²) in [7, 11) is 1.66. The molecular formula is C49H65F2N11O5. The quantitative estimate of drug-likeness (QED) is 0.0869. The van der Waals surface area contributed by atoms with Gasteiger partial charge in [0.1, 0.15) is 11.9 Å². The number of carbonyl (C=O) groups excluding carboxylic acids is 4. The van der Waals surface area contributed by atoms with Crippen LogP contribution in [-0.2, 0) is 32.1 Å². The number of nitrogens with zero attached hydrogens (tertiary/aromatic N) is 6. The topological polar surface area (TPSA) is 192 Å². The highest BCUT2D eigenvalue weighted by Crippen LogP contribution is 2.38. The summed E-state index contributed by atoms with van der Waals surface area (Å²) in [5.74, 6) is -0.427. The number of hydrogen-bond donors (Lipinski definition) is 5. The Morgan fingerprint density at radius 1 is 0.925 bits per heavy atom. The molecule has 1 aromatic heterocycles. The fourth-order valence-corrected chi connectivity index (χ4v) is 11.1. The van der Waals surface area contributed by atoms with Gasteiger partial charge in [-0.25, -0.2) is 13.6 Å². The summed E-state index contributed by atoms with van der Waals surface area (Å²) in [6, 6.07) is 10.1. The van der Waals surface area contributed by atoms with E-state index in [1.807, 2.05) is 34.1 Å². The lowest BCUT2D eigenvalue weighted by Gasteiger charge is -2.45. The van der Waals surface area contributed by atoms with E-state index in [-0.39, 0.29) is 53.4 Å². The molecule has 16 nitrogen and oxygen atoms in total. The van der Waals surface area contributed by atoms with Crippen molar-refractivity contribution in [1.82, 2.24) is 39.8 Å². The molecule has 0 radical (unpaired) electrons. The van der Waals surface area contributed by atoms with E-state index < -0.39 is 18.4 Å². The summed E-state index contributed by atoms with van der Waals surface area (Å²) in [6.45, 7) is 7.35. The van der Waals surface area contributed by atoms with Crippen molar-refractivity contribution >= 4 is 58.0 Å². The van der Waals surface area contributed by atoms with Crippen LogP contribution in [0, 0.1) is 22.7 Å². The van der Waals surface area contributed by atoms with Crippen LogP contribution < -0.4 is 26.5 Å². The third-order valence-electron chi connectivity index (χ3n) is 14.8. The number of halogens is 2. The number of fused-ring (bicyclic) bond motifs is 2. The van der Waals surface area contributed by atoms with Gasteiger partial charge < -0.3 is 35.6 Å². The maximum absolute atomic E-state index is 14.6. The molecule has 0 bridgehead atoms. The zero-order chi connectivity index (χ0) is 47.4. The second kappa shape index (κ2) is 21.0. The fourth-order valence-electron chi connectivity index (χ4n) is 11.1. The molecular weight excluding hydrogens is 861 g/mol. The smallest absolute Gasteiger partial charge is 0.329 e. The second-order valence-corrected chi connectivity index (χ2v) is 18.9. The number of alkyl halides is 2. The Morgan fingerprint density at radius 2 is 1.66 bits per heavy atom. The van der Waals surface area contributed by atoms with Gasteiger partial charge in [-0.05, 0) is 119 Å². The lowest BCUT2D eigenvalue weighted by atomic mass is 9.86. The van der Waals surface area contributed by atoms with Crippen molar-refractivity contribution in [3.8, 4) is 0 Å². The monoisotopic (exact) mass is 926 g/mol. The molecule has 5 N–H and O–H groups in total. The van der Waals surface area contributed by atoms with E-state index in [0.29, 0.717) is 99.0 Å². The molecule has 67 heavy (non-hydrogen) atoms. The van der Waals surface area contributed by atoms with Gasteiger partial charge >= 0.3 is 5.69 Å². The molecule has 6 heterocycles. The number of aryl methyl sites for hydroxylation is 1. The van der Waals surface area contributed by atoms with E-state index in [2.05, 4.69) is 20.9 Å². The third-order valence-corrected chi connectivity index (χ3v) is 14.8. The Hall–Kier alpha value is -5.75. The number of anilines is 1. The third kappa shape index (κ3) is 10.4. The number of aromatic nitrogens is 2. The van der Waals surface area contributed by atoms with Crippen LogP contribution in [0.2, 0.25) is 0 Å². The lowest BCUT2D eigenvalue weighted by Crippen LogP contribution is -2.59. The number of amides is 4. The largest absolute Gasteiger partial charge is 0.393 e. The van der Waals surface area contributed by atoms with Gasteiger partial charge in [-0.3, -0.25) is 39.0 Å². The molecule has 0 saturated carbocycles. The number of nitrogens with one attached hydrogen (secondary N) is 5. The molecule has 2 aromatic carbocycles. The second-order valence-electron chi connectivity index (χ2n) is 18.9. The van der Waals surface area contributed by atoms with Crippen molar-refractivity contribution < 1.29 is 28.0 Å². The molecule has 4 fully saturated rings. The van der Waals surface area contributed by atoms with E-state index in [0.717, 1.165) is 75.5 Å². The number of imidazole rings is 1. The molecule has 360 valence electrons. The summed E-state index contributed by atoms with van der Waals surface area (Å²) in [4.78, 5) is 72.4. The molecule has 5 aliphatic rings. The zero-order valence-corrected chi connectivity index (χ0v) is 38.7. The van der Waals surface area contributed by atoms with Crippen molar-refractivity contribution in [3.63, 3.8) is 0 Å². The molecule has 0 spiro atoms. The van der Waals surface area contributed by atoms with Crippen LogP contribution in [0.4, 0.5) is 14.5 Å². The van der Waals surface area contributed by atoms with Crippen LogP contribution in [0.3, 0.4) is 0 Å².